The van der Waals surface area contributed by atoms with Crippen LogP contribution in [0.5, 0.6) is 0 Å². The highest BCUT2D eigenvalue weighted by Crippen LogP contribution is 2.26. The molecule has 0 saturated carbocycles. The predicted molar refractivity (Wildman–Crippen MR) is 76.3 cm³/mol. The van der Waals surface area contributed by atoms with Crippen molar-refractivity contribution in [3.05, 3.63) is 47.5 Å². The van der Waals surface area contributed by atoms with Crippen LogP contribution in [0.1, 0.15) is 30.3 Å². The molecule has 1 amide bonds. The molecule has 1 aromatic heterocycles. The first-order valence-electron chi connectivity index (χ1n) is 7.33. The molecule has 8 heteroatoms. The van der Waals surface area contributed by atoms with Crippen LogP contribution in [0.4, 0.5) is 8.78 Å². The van der Waals surface area contributed by atoms with Crippen LogP contribution in [-0.2, 0) is 16.0 Å². The van der Waals surface area contributed by atoms with Crippen LogP contribution in [0.25, 0.3) is 0 Å². The Morgan fingerprint density at radius 1 is 1.43 bits per heavy atom. The summed E-state index contributed by atoms with van der Waals surface area (Å²) in [6.45, 7) is 0.517. The third-order valence-corrected chi connectivity index (χ3v) is 3.78. The number of rotatable bonds is 5. The smallest absolute Gasteiger partial charge is 0.220 e. The standard InChI is InChI=1S/C15H16F2N4O2/c16-10-3-1-9(11(17)7-10)2-4-13(22)20-12-5-6-23-14(12)15-18-8-19-21-15/h1,3,7-8,12,14H,2,4-6H2,(H,20,22)(H,18,19,21)/t12-,14+/m0/s1. The average molecular weight is 322 g/mol. The van der Waals surface area contributed by atoms with Gasteiger partial charge in [0.2, 0.25) is 5.91 Å². The lowest BCUT2D eigenvalue weighted by atomic mass is 10.1. The number of nitrogens with one attached hydrogen (secondary N) is 2. The third-order valence-electron chi connectivity index (χ3n) is 3.78. The van der Waals surface area contributed by atoms with Gasteiger partial charge in [0.15, 0.2) is 5.82 Å². The van der Waals surface area contributed by atoms with Crippen LogP contribution in [0.2, 0.25) is 0 Å². The van der Waals surface area contributed by atoms with Crippen molar-refractivity contribution in [1.82, 2.24) is 20.5 Å². The Labute approximate surface area is 131 Å². The molecule has 0 bridgehead atoms. The van der Waals surface area contributed by atoms with Gasteiger partial charge < -0.3 is 10.1 Å². The maximum atomic E-state index is 13.5. The number of aromatic amines is 1. The van der Waals surface area contributed by atoms with E-state index in [0.717, 1.165) is 6.07 Å². The Balaban J connectivity index is 1.55. The number of hydrogen-bond donors (Lipinski definition) is 2. The number of aromatic nitrogens is 3. The molecule has 1 saturated heterocycles. The summed E-state index contributed by atoms with van der Waals surface area (Å²) in [7, 11) is 0. The quantitative estimate of drug-likeness (QED) is 0.877. The van der Waals surface area contributed by atoms with Gasteiger partial charge in [-0.2, -0.15) is 5.10 Å². The van der Waals surface area contributed by atoms with E-state index in [1.54, 1.807) is 0 Å². The highest BCUT2D eigenvalue weighted by atomic mass is 19.1. The number of carbonyl (C=O) groups is 1. The maximum absolute atomic E-state index is 13.5. The summed E-state index contributed by atoms with van der Waals surface area (Å²) in [6.07, 6.45) is 2.01. The molecule has 1 fully saturated rings. The maximum Gasteiger partial charge on any atom is 0.220 e. The van der Waals surface area contributed by atoms with Crippen molar-refractivity contribution in [1.29, 1.82) is 0 Å². The zero-order chi connectivity index (χ0) is 16.2. The van der Waals surface area contributed by atoms with Crippen molar-refractivity contribution in [2.75, 3.05) is 6.61 Å². The normalized spacial score (nSPS) is 20.6. The second kappa shape index (κ2) is 6.82. The first-order chi connectivity index (χ1) is 11.1. The van der Waals surface area contributed by atoms with Crippen molar-refractivity contribution in [3.63, 3.8) is 0 Å². The van der Waals surface area contributed by atoms with Crippen molar-refractivity contribution in [3.8, 4) is 0 Å². The van der Waals surface area contributed by atoms with Crippen LogP contribution in [0, 0.1) is 11.6 Å². The summed E-state index contributed by atoms with van der Waals surface area (Å²) in [6, 6.07) is 3.15. The molecule has 2 aromatic rings. The number of amides is 1. The number of halogens is 2. The lowest BCUT2D eigenvalue weighted by molar-refractivity contribution is -0.122. The number of hydrogen-bond acceptors (Lipinski definition) is 4. The van der Waals surface area contributed by atoms with Crippen LogP contribution >= 0.6 is 0 Å². The molecule has 0 unspecified atom stereocenters. The minimum absolute atomic E-state index is 0.113. The zero-order valence-electron chi connectivity index (χ0n) is 12.3. The number of H-pyrrole nitrogens is 1. The van der Waals surface area contributed by atoms with Gasteiger partial charge in [-0.15, -0.1) is 0 Å². The summed E-state index contributed by atoms with van der Waals surface area (Å²) < 4.78 is 31.9. The molecular weight excluding hydrogens is 306 g/mol. The van der Waals surface area contributed by atoms with E-state index in [1.165, 1.54) is 18.5 Å². The van der Waals surface area contributed by atoms with Crippen LogP contribution in [0.15, 0.2) is 24.5 Å². The molecule has 23 heavy (non-hydrogen) atoms. The van der Waals surface area contributed by atoms with Crippen LogP contribution in [-0.4, -0.2) is 33.7 Å². The van der Waals surface area contributed by atoms with Gasteiger partial charge in [-0.3, -0.25) is 9.89 Å². The van der Waals surface area contributed by atoms with E-state index < -0.39 is 11.6 Å². The summed E-state index contributed by atoms with van der Waals surface area (Å²) in [4.78, 5) is 16.1. The number of ether oxygens (including phenoxy) is 1. The number of nitrogens with zero attached hydrogens (tertiary/aromatic N) is 2. The number of carbonyl (C=O) groups excluding carboxylic acids is 1. The molecule has 3 rings (SSSR count). The molecule has 0 spiro atoms. The fourth-order valence-electron chi connectivity index (χ4n) is 2.61. The molecule has 6 nitrogen and oxygen atoms in total. The van der Waals surface area contributed by atoms with E-state index in [9.17, 15) is 13.6 Å². The van der Waals surface area contributed by atoms with Crippen LogP contribution < -0.4 is 5.32 Å². The van der Waals surface area contributed by atoms with Gasteiger partial charge in [0.05, 0.1) is 6.04 Å². The minimum Gasteiger partial charge on any atom is -0.368 e. The Morgan fingerprint density at radius 3 is 3.04 bits per heavy atom. The Morgan fingerprint density at radius 2 is 2.30 bits per heavy atom. The first kappa shape index (κ1) is 15.5. The third kappa shape index (κ3) is 3.70. The van der Waals surface area contributed by atoms with E-state index >= 15 is 0 Å². The van der Waals surface area contributed by atoms with Gasteiger partial charge in [-0.05, 0) is 24.5 Å². The fourth-order valence-corrected chi connectivity index (χ4v) is 2.61. The van der Waals surface area contributed by atoms with Gasteiger partial charge in [0, 0.05) is 19.1 Å². The van der Waals surface area contributed by atoms with Gasteiger partial charge in [0.1, 0.15) is 24.1 Å². The SMILES string of the molecule is O=C(CCc1ccc(F)cc1F)N[C@H]1CCO[C@H]1c1ncn[nH]1. The average Bonchev–Trinajstić information content (AvgIpc) is 3.17. The minimum atomic E-state index is -0.637. The molecule has 0 radical (unpaired) electrons. The van der Waals surface area contributed by atoms with Crippen LogP contribution in [0.3, 0.4) is 0 Å². The molecule has 2 atom stereocenters. The van der Waals surface area contributed by atoms with Gasteiger partial charge in [0.25, 0.3) is 0 Å². The Hall–Kier alpha value is -2.35. The molecule has 1 aliphatic rings. The highest BCUT2D eigenvalue weighted by molar-refractivity contribution is 5.76. The number of benzene rings is 1. The first-order valence-corrected chi connectivity index (χ1v) is 7.33. The topological polar surface area (TPSA) is 79.9 Å². The van der Waals surface area contributed by atoms with E-state index in [0.29, 0.717) is 24.4 Å². The Kier molecular flexibility index (Phi) is 4.61. The molecule has 1 aliphatic heterocycles. The predicted octanol–water partition coefficient (Wildman–Crippen LogP) is 1.66. The fraction of sp³-hybridized carbons (Fsp3) is 0.400. The van der Waals surface area contributed by atoms with Gasteiger partial charge in [-0.1, -0.05) is 6.07 Å². The van der Waals surface area contributed by atoms with E-state index in [4.69, 9.17) is 4.74 Å². The summed E-state index contributed by atoms with van der Waals surface area (Å²) >= 11 is 0. The number of aryl methyl sites for hydroxylation is 1. The van der Waals surface area contributed by atoms with E-state index in [1.807, 2.05) is 0 Å². The summed E-state index contributed by atoms with van der Waals surface area (Å²) in [5, 5.41) is 9.37. The second-order valence-corrected chi connectivity index (χ2v) is 5.36. The largest absolute Gasteiger partial charge is 0.368 e. The van der Waals surface area contributed by atoms with Crippen molar-refractivity contribution >= 4 is 5.91 Å². The lowest BCUT2D eigenvalue weighted by Crippen LogP contribution is -2.37. The van der Waals surface area contributed by atoms with E-state index in [-0.39, 0.29) is 30.9 Å². The molecule has 122 valence electrons. The molecule has 2 heterocycles. The highest BCUT2D eigenvalue weighted by Gasteiger charge is 2.32. The molecular formula is C15H16F2N4O2. The van der Waals surface area contributed by atoms with E-state index in [2.05, 4.69) is 20.5 Å². The molecule has 1 aromatic carbocycles. The Bertz CT molecular complexity index is 678. The lowest BCUT2D eigenvalue weighted by Gasteiger charge is -2.17. The second-order valence-electron chi connectivity index (χ2n) is 5.36. The molecule has 0 aliphatic carbocycles. The summed E-state index contributed by atoms with van der Waals surface area (Å²) in [5.41, 5.74) is 0.316. The zero-order valence-corrected chi connectivity index (χ0v) is 12.3. The van der Waals surface area contributed by atoms with Gasteiger partial charge in [-0.25, -0.2) is 13.8 Å². The monoisotopic (exact) mass is 322 g/mol. The van der Waals surface area contributed by atoms with Crippen molar-refractivity contribution < 1.29 is 18.3 Å². The van der Waals surface area contributed by atoms with Gasteiger partial charge >= 0.3 is 0 Å². The molecule has 2 N–H and O–H groups in total. The summed E-state index contributed by atoms with van der Waals surface area (Å²) in [5.74, 6) is -0.915. The van der Waals surface area contributed by atoms with Crippen molar-refractivity contribution in [2.24, 2.45) is 0 Å². The van der Waals surface area contributed by atoms with Crippen molar-refractivity contribution in [2.45, 2.75) is 31.4 Å².